The van der Waals surface area contributed by atoms with Gasteiger partial charge >= 0.3 is 0 Å². The van der Waals surface area contributed by atoms with Gasteiger partial charge in [0, 0.05) is 21.7 Å². The molecule has 1 aromatic heterocycles. The summed E-state index contributed by atoms with van der Waals surface area (Å²) in [5.74, 6) is -0.191. The first-order chi connectivity index (χ1) is 15.6. The van der Waals surface area contributed by atoms with E-state index < -0.39 is 5.43 Å². The summed E-state index contributed by atoms with van der Waals surface area (Å²) in [6, 6.07) is 5.26. The first-order valence-electron chi connectivity index (χ1n) is 10.7. The molecule has 2 aromatic carbocycles. The number of phenols is 2. The average Bonchev–Trinajstić information content (AvgIpc) is 2.74. The third-order valence-electron chi connectivity index (χ3n) is 5.49. The molecule has 1 heterocycles. The fourth-order valence-electron chi connectivity index (χ4n) is 3.66. The summed E-state index contributed by atoms with van der Waals surface area (Å²) in [6.45, 7) is 9.61. The maximum atomic E-state index is 13.5. The van der Waals surface area contributed by atoms with Crippen LogP contribution >= 0.6 is 11.6 Å². The minimum atomic E-state index is -0.504. The lowest BCUT2D eigenvalue weighted by molar-refractivity contribution is 0.396. The van der Waals surface area contributed by atoms with Crippen molar-refractivity contribution in [1.82, 2.24) is 0 Å². The van der Waals surface area contributed by atoms with Crippen LogP contribution in [-0.2, 0) is 12.8 Å². The number of hydrogen-bond donors (Lipinski definition) is 2. The topological polar surface area (TPSA) is 79.9 Å². The lowest BCUT2D eigenvalue weighted by Crippen LogP contribution is -2.10. The molecule has 0 fully saturated rings. The van der Waals surface area contributed by atoms with Crippen LogP contribution in [0.4, 0.5) is 0 Å². The second-order valence-electron chi connectivity index (χ2n) is 8.59. The SMILES string of the molecule is COc1c(-c2ccc(Cl)c(C)c2)oc2c(CC=C(C)C)c(O)c(CC=C(C)C)c(O)c2c1=O. The smallest absolute Gasteiger partial charge is 0.239 e. The number of halogens is 1. The Balaban J connectivity index is 2.47. The first-order valence-corrected chi connectivity index (χ1v) is 11.1. The van der Waals surface area contributed by atoms with Crippen molar-refractivity contribution in [2.24, 2.45) is 0 Å². The first kappa shape index (κ1) is 24.5. The normalized spacial score (nSPS) is 10.9. The van der Waals surface area contributed by atoms with E-state index in [2.05, 4.69) is 0 Å². The molecule has 6 heteroatoms. The number of methoxy groups -OCH3 is 1. The Morgan fingerprint density at radius 1 is 1.03 bits per heavy atom. The molecule has 3 aromatic rings. The van der Waals surface area contributed by atoms with Crippen LogP contribution in [-0.4, -0.2) is 17.3 Å². The summed E-state index contributed by atoms with van der Waals surface area (Å²) < 4.78 is 11.7. The van der Waals surface area contributed by atoms with Gasteiger partial charge in [-0.15, -0.1) is 0 Å². The van der Waals surface area contributed by atoms with Gasteiger partial charge in [0.1, 0.15) is 22.5 Å². The van der Waals surface area contributed by atoms with Gasteiger partial charge in [0.2, 0.25) is 11.2 Å². The fourth-order valence-corrected chi connectivity index (χ4v) is 3.77. The summed E-state index contributed by atoms with van der Waals surface area (Å²) in [4.78, 5) is 13.5. The van der Waals surface area contributed by atoms with Gasteiger partial charge in [0.05, 0.1) is 7.11 Å². The summed E-state index contributed by atoms with van der Waals surface area (Å²) in [7, 11) is 1.38. The molecule has 3 rings (SSSR count). The third kappa shape index (κ3) is 4.79. The third-order valence-corrected chi connectivity index (χ3v) is 5.92. The van der Waals surface area contributed by atoms with Crippen molar-refractivity contribution < 1.29 is 19.4 Å². The average molecular weight is 469 g/mol. The molecule has 174 valence electrons. The summed E-state index contributed by atoms with van der Waals surface area (Å²) in [5.41, 5.74) is 3.84. The van der Waals surface area contributed by atoms with E-state index in [4.69, 9.17) is 20.8 Å². The van der Waals surface area contributed by atoms with Gasteiger partial charge in [0.25, 0.3) is 0 Å². The Labute approximate surface area is 198 Å². The van der Waals surface area contributed by atoms with Gasteiger partial charge in [0.15, 0.2) is 5.76 Å². The van der Waals surface area contributed by atoms with Crippen molar-refractivity contribution in [3.63, 3.8) is 0 Å². The minimum absolute atomic E-state index is 0.00611. The molecule has 33 heavy (non-hydrogen) atoms. The van der Waals surface area contributed by atoms with Crippen molar-refractivity contribution in [2.75, 3.05) is 7.11 Å². The molecule has 0 aliphatic rings. The van der Waals surface area contributed by atoms with Gasteiger partial charge in [-0.25, -0.2) is 0 Å². The standard InChI is InChI=1S/C27H29ClO5/c1-14(2)7-10-18-22(29)19(11-8-15(3)4)26-21(23(18)30)24(31)27(32-6)25(33-26)17-9-12-20(28)16(5)13-17/h7-9,12-13,29-30H,10-11H2,1-6H3. The van der Waals surface area contributed by atoms with Crippen LogP contribution in [0.2, 0.25) is 5.02 Å². The Kier molecular flexibility index (Phi) is 7.23. The number of hydrogen-bond acceptors (Lipinski definition) is 5. The van der Waals surface area contributed by atoms with Gasteiger partial charge in [-0.3, -0.25) is 4.79 Å². The van der Waals surface area contributed by atoms with E-state index in [1.807, 2.05) is 46.8 Å². The number of aryl methyl sites for hydroxylation is 1. The summed E-state index contributed by atoms with van der Waals surface area (Å²) >= 11 is 6.17. The highest BCUT2D eigenvalue weighted by Gasteiger charge is 2.26. The summed E-state index contributed by atoms with van der Waals surface area (Å²) in [5, 5.41) is 22.8. The van der Waals surface area contributed by atoms with Crippen molar-refractivity contribution in [3.05, 3.63) is 73.4 Å². The Hall–Kier alpha value is -3.18. The zero-order valence-corrected chi connectivity index (χ0v) is 20.6. The van der Waals surface area contributed by atoms with Crippen molar-refractivity contribution >= 4 is 22.6 Å². The molecule has 0 saturated carbocycles. The quantitative estimate of drug-likeness (QED) is 0.386. The van der Waals surface area contributed by atoms with Crippen LogP contribution in [0.1, 0.15) is 44.4 Å². The highest BCUT2D eigenvalue weighted by atomic mass is 35.5. The van der Waals surface area contributed by atoms with E-state index in [-0.39, 0.29) is 46.0 Å². The molecule has 2 N–H and O–H groups in total. The number of rotatable bonds is 6. The highest BCUT2D eigenvalue weighted by molar-refractivity contribution is 6.31. The predicted molar refractivity (Wildman–Crippen MR) is 134 cm³/mol. The molecular weight excluding hydrogens is 440 g/mol. The number of benzene rings is 2. The zero-order chi connectivity index (χ0) is 24.4. The van der Waals surface area contributed by atoms with E-state index >= 15 is 0 Å². The molecule has 0 aliphatic carbocycles. The second-order valence-corrected chi connectivity index (χ2v) is 8.99. The van der Waals surface area contributed by atoms with Gasteiger partial charge in [-0.1, -0.05) is 34.9 Å². The molecule has 0 saturated heterocycles. The van der Waals surface area contributed by atoms with Crippen LogP contribution in [0, 0.1) is 6.92 Å². The zero-order valence-electron chi connectivity index (χ0n) is 19.8. The molecule has 0 atom stereocenters. The maximum Gasteiger partial charge on any atom is 0.239 e. The Morgan fingerprint density at radius 3 is 2.18 bits per heavy atom. The molecule has 5 nitrogen and oxygen atoms in total. The predicted octanol–water partition coefficient (Wildman–Crippen LogP) is 6.86. The Bertz CT molecular complexity index is 1340. The maximum absolute atomic E-state index is 13.5. The van der Waals surface area contributed by atoms with Crippen LogP contribution in [0.3, 0.4) is 0 Å². The number of fused-ring (bicyclic) bond motifs is 1. The molecule has 0 bridgehead atoms. The van der Waals surface area contributed by atoms with Crippen LogP contribution in [0.15, 0.2) is 50.7 Å². The second kappa shape index (κ2) is 9.75. The van der Waals surface area contributed by atoms with Crippen LogP contribution in [0.25, 0.3) is 22.3 Å². The summed E-state index contributed by atoms with van der Waals surface area (Å²) in [6.07, 6.45) is 4.43. The molecular formula is C27H29ClO5. The van der Waals surface area contributed by atoms with E-state index in [0.717, 1.165) is 16.7 Å². The van der Waals surface area contributed by atoms with Crippen molar-refractivity contribution in [3.8, 4) is 28.6 Å². The largest absolute Gasteiger partial charge is 0.507 e. The van der Waals surface area contributed by atoms with E-state index in [1.54, 1.807) is 18.2 Å². The Morgan fingerprint density at radius 2 is 1.64 bits per heavy atom. The highest BCUT2D eigenvalue weighted by Crippen LogP contribution is 2.43. The van der Waals surface area contributed by atoms with E-state index in [9.17, 15) is 15.0 Å². The lowest BCUT2D eigenvalue weighted by atomic mass is 9.96. The van der Waals surface area contributed by atoms with Gasteiger partial charge < -0.3 is 19.4 Å². The van der Waals surface area contributed by atoms with Crippen molar-refractivity contribution in [2.45, 2.75) is 47.5 Å². The van der Waals surface area contributed by atoms with Gasteiger partial charge in [-0.05, 0) is 71.2 Å². The minimum Gasteiger partial charge on any atom is -0.507 e. The number of ether oxygens (including phenoxy) is 1. The van der Waals surface area contributed by atoms with Gasteiger partial charge in [-0.2, -0.15) is 0 Å². The fraction of sp³-hybridized carbons (Fsp3) is 0.296. The molecule has 0 spiro atoms. The van der Waals surface area contributed by atoms with E-state index in [1.165, 1.54) is 7.11 Å². The van der Waals surface area contributed by atoms with E-state index in [0.29, 0.717) is 22.6 Å². The number of phenolic OH excluding ortho intramolecular Hbond substituents is 2. The van der Waals surface area contributed by atoms with Crippen molar-refractivity contribution in [1.29, 1.82) is 0 Å². The van der Waals surface area contributed by atoms with Crippen LogP contribution in [0.5, 0.6) is 17.2 Å². The molecule has 0 unspecified atom stereocenters. The number of aromatic hydroxyl groups is 2. The van der Waals surface area contributed by atoms with Crippen LogP contribution < -0.4 is 10.2 Å². The number of allylic oxidation sites excluding steroid dienone is 4. The lowest BCUT2D eigenvalue weighted by Gasteiger charge is -2.17. The molecule has 0 radical (unpaired) electrons. The molecule has 0 aliphatic heterocycles. The molecule has 0 amide bonds. The monoisotopic (exact) mass is 468 g/mol.